The number of nitrogens with one attached hydrogen (secondary N) is 1. The Balaban J connectivity index is 1.93. The predicted octanol–water partition coefficient (Wildman–Crippen LogP) is 3.21. The number of benzene rings is 2. The van der Waals surface area contributed by atoms with Gasteiger partial charge in [-0.1, -0.05) is 35.9 Å². The highest BCUT2D eigenvalue weighted by atomic mass is 32.2. The number of methoxy groups -OCH3 is 1. The molecular weight excluding hydrogens is 408 g/mol. The summed E-state index contributed by atoms with van der Waals surface area (Å²) in [7, 11) is -2.14. The number of hydrogen-bond acceptors (Lipinski definition) is 5. The van der Waals surface area contributed by atoms with Crippen molar-refractivity contribution in [2.45, 2.75) is 25.6 Å². The van der Waals surface area contributed by atoms with Gasteiger partial charge in [0.1, 0.15) is 11.8 Å². The first kappa shape index (κ1) is 23.1. The van der Waals surface area contributed by atoms with Crippen molar-refractivity contribution in [3.05, 3.63) is 59.7 Å². The number of ether oxygens (including phenoxy) is 1. The van der Waals surface area contributed by atoms with E-state index >= 15 is 0 Å². The molecule has 8 heteroatoms. The summed E-state index contributed by atoms with van der Waals surface area (Å²) in [6, 6.07) is 14.1. The maximum Gasteiger partial charge on any atom is 0.243 e. The molecule has 2 aromatic carbocycles. The number of hydrogen-bond donors (Lipinski definition) is 1. The summed E-state index contributed by atoms with van der Waals surface area (Å²) >= 11 is 1.72. The first-order valence-corrected chi connectivity index (χ1v) is 12.3. The Morgan fingerprint density at radius 2 is 1.93 bits per heavy atom. The number of rotatable bonds is 10. The third kappa shape index (κ3) is 6.97. The van der Waals surface area contributed by atoms with Crippen molar-refractivity contribution in [3.8, 4) is 5.75 Å². The molecule has 1 amide bonds. The molecule has 1 atom stereocenters. The molecular formula is C21H28N2O4S2. The SMILES string of the molecule is COc1cccc(N([C@@H](C)C(=O)NCCSCc2cccc(C)c2)S(C)(=O)=O)c1. The molecule has 0 aliphatic heterocycles. The standard InChI is InChI=1S/C21H28N2O4S2/c1-16-7-5-8-18(13-16)15-28-12-11-22-21(24)17(2)23(29(4,25)26)19-9-6-10-20(14-19)27-3/h5-10,13-14,17H,11-12,15H2,1-4H3,(H,22,24)/t17-/m0/s1. The van der Waals surface area contributed by atoms with Crippen LogP contribution in [-0.2, 0) is 20.6 Å². The van der Waals surface area contributed by atoms with Gasteiger partial charge in [0.25, 0.3) is 0 Å². The lowest BCUT2D eigenvalue weighted by atomic mass is 10.2. The van der Waals surface area contributed by atoms with E-state index in [1.165, 1.54) is 18.2 Å². The number of thioether (sulfide) groups is 1. The van der Waals surface area contributed by atoms with E-state index in [1.54, 1.807) is 43.0 Å². The van der Waals surface area contributed by atoms with E-state index in [0.717, 1.165) is 22.1 Å². The molecule has 0 spiro atoms. The molecule has 0 bridgehead atoms. The minimum Gasteiger partial charge on any atom is -0.497 e. The second-order valence-electron chi connectivity index (χ2n) is 6.77. The van der Waals surface area contributed by atoms with Crippen LogP contribution in [0.1, 0.15) is 18.1 Å². The lowest BCUT2D eigenvalue weighted by molar-refractivity contribution is -0.121. The summed E-state index contributed by atoms with van der Waals surface area (Å²) in [6.45, 7) is 4.11. The van der Waals surface area contributed by atoms with Crippen LogP contribution in [0.15, 0.2) is 48.5 Å². The van der Waals surface area contributed by atoms with Gasteiger partial charge in [-0.25, -0.2) is 8.42 Å². The molecule has 0 aliphatic rings. The molecule has 0 fully saturated rings. The highest BCUT2D eigenvalue weighted by Crippen LogP contribution is 2.25. The van der Waals surface area contributed by atoms with Gasteiger partial charge in [-0.05, 0) is 31.5 Å². The Morgan fingerprint density at radius 3 is 2.59 bits per heavy atom. The number of carbonyl (C=O) groups is 1. The monoisotopic (exact) mass is 436 g/mol. The summed E-state index contributed by atoms with van der Waals surface area (Å²) < 4.78 is 31.0. The Labute approximate surface area is 177 Å². The smallest absolute Gasteiger partial charge is 0.243 e. The van der Waals surface area contributed by atoms with Gasteiger partial charge in [-0.3, -0.25) is 9.10 Å². The first-order valence-electron chi connectivity index (χ1n) is 9.27. The molecule has 6 nitrogen and oxygen atoms in total. The molecule has 0 heterocycles. The molecule has 1 N–H and O–H groups in total. The molecule has 2 aromatic rings. The maximum atomic E-state index is 12.6. The molecule has 2 rings (SSSR count). The zero-order chi connectivity index (χ0) is 21.4. The van der Waals surface area contributed by atoms with Crippen LogP contribution in [0, 0.1) is 6.92 Å². The normalized spacial score (nSPS) is 12.3. The van der Waals surface area contributed by atoms with Crippen molar-refractivity contribution in [1.82, 2.24) is 5.32 Å². The van der Waals surface area contributed by atoms with Gasteiger partial charge in [-0.2, -0.15) is 11.8 Å². The average molecular weight is 437 g/mol. The molecule has 29 heavy (non-hydrogen) atoms. The van der Waals surface area contributed by atoms with Crippen LogP contribution in [0.5, 0.6) is 5.75 Å². The average Bonchev–Trinajstić information content (AvgIpc) is 2.66. The molecule has 158 valence electrons. The van der Waals surface area contributed by atoms with Crippen LogP contribution in [0.2, 0.25) is 0 Å². The summed E-state index contributed by atoms with van der Waals surface area (Å²) in [5.74, 6) is 1.79. The highest BCUT2D eigenvalue weighted by Gasteiger charge is 2.29. The van der Waals surface area contributed by atoms with E-state index in [1.807, 2.05) is 6.07 Å². The topological polar surface area (TPSA) is 75.7 Å². The van der Waals surface area contributed by atoms with Gasteiger partial charge in [0.15, 0.2) is 0 Å². The first-order chi connectivity index (χ1) is 13.7. The zero-order valence-corrected chi connectivity index (χ0v) is 18.8. The second-order valence-corrected chi connectivity index (χ2v) is 9.73. The number of anilines is 1. The number of carbonyl (C=O) groups excluding carboxylic acids is 1. The van der Waals surface area contributed by atoms with Crippen LogP contribution in [0.25, 0.3) is 0 Å². The van der Waals surface area contributed by atoms with Crippen LogP contribution in [0.4, 0.5) is 5.69 Å². The van der Waals surface area contributed by atoms with Gasteiger partial charge >= 0.3 is 0 Å². The van der Waals surface area contributed by atoms with Gasteiger partial charge in [0.05, 0.1) is 19.1 Å². The van der Waals surface area contributed by atoms with Crippen molar-refractivity contribution in [2.24, 2.45) is 0 Å². The van der Waals surface area contributed by atoms with E-state index in [2.05, 4.69) is 30.4 Å². The number of aryl methyl sites for hydroxylation is 1. The Hall–Kier alpha value is -2.19. The van der Waals surface area contributed by atoms with Crippen molar-refractivity contribution in [3.63, 3.8) is 0 Å². The summed E-state index contributed by atoms with van der Waals surface area (Å²) in [5, 5.41) is 2.83. The second kappa shape index (κ2) is 10.5. The van der Waals surface area contributed by atoms with Gasteiger partial charge in [0.2, 0.25) is 15.9 Å². The Kier molecular flexibility index (Phi) is 8.40. The molecule has 0 saturated heterocycles. The van der Waals surface area contributed by atoms with Crippen molar-refractivity contribution in [1.29, 1.82) is 0 Å². The van der Waals surface area contributed by atoms with Crippen LogP contribution >= 0.6 is 11.8 Å². The van der Waals surface area contributed by atoms with Crippen molar-refractivity contribution in [2.75, 3.05) is 30.0 Å². The number of nitrogens with zero attached hydrogens (tertiary/aromatic N) is 1. The van der Waals surface area contributed by atoms with Gasteiger partial charge in [0, 0.05) is 24.1 Å². The maximum absolute atomic E-state index is 12.6. The molecule has 0 saturated carbocycles. The fourth-order valence-corrected chi connectivity index (χ4v) is 4.92. The largest absolute Gasteiger partial charge is 0.497 e. The summed E-state index contributed by atoms with van der Waals surface area (Å²) in [5.41, 5.74) is 2.86. The van der Waals surface area contributed by atoms with Gasteiger partial charge in [-0.15, -0.1) is 0 Å². The van der Waals surface area contributed by atoms with E-state index in [0.29, 0.717) is 18.0 Å². The number of sulfonamides is 1. The van der Waals surface area contributed by atoms with Crippen molar-refractivity contribution < 1.29 is 17.9 Å². The molecule has 0 unspecified atom stereocenters. The van der Waals surface area contributed by atoms with E-state index in [4.69, 9.17) is 4.74 Å². The Bertz CT molecular complexity index is 932. The predicted molar refractivity (Wildman–Crippen MR) is 120 cm³/mol. The van der Waals surface area contributed by atoms with E-state index < -0.39 is 16.1 Å². The Morgan fingerprint density at radius 1 is 1.21 bits per heavy atom. The van der Waals surface area contributed by atoms with E-state index in [9.17, 15) is 13.2 Å². The van der Waals surface area contributed by atoms with Crippen LogP contribution < -0.4 is 14.4 Å². The van der Waals surface area contributed by atoms with E-state index in [-0.39, 0.29) is 5.91 Å². The minimum atomic E-state index is -3.65. The summed E-state index contributed by atoms with van der Waals surface area (Å²) in [4.78, 5) is 12.6. The lowest BCUT2D eigenvalue weighted by Gasteiger charge is -2.28. The third-order valence-electron chi connectivity index (χ3n) is 4.29. The summed E-state index contributed by atoms with van der Waals surface area (Å²) in [6.07, 6.45) is 1.09. The zero-order valence-electron chi connectivity index (χ0n) is 17.2. The van der Waals surface area contributed by atoms with Crippen LogP contribution in [-0.4, -0.2) is 46.0 Å². The van der Waals surface area contributed by atoms with Crippen molar-refractivity contribution >= 4 is 33.4 Å². The molecule has 0 radical (unpaired) electrons. The van der Waals surface area contributed by atoms with Gasteiger partial charge < -0.3 is 10.1 Å². The fourth-order valence-electron chi connectivity index (χ4n) is 2.94. The molecule has 0 aliphatic carbocycles. The highest BCUT2D eigenvalue weighted by molar-refractivity contribution is 7.98. The minimum absolute atomic E-state index is 0.339. The number of amides is 1. The lowest BCUT2D eigenvalue weighted by Crippen LogP contribution is -2.48. The van der Waals surface area contributed by atoms with Crippen LogP contribution in [0.3, 0.4) is 0 Å². The third-order valence-corrected chi connectivity index (χ3v) is 6.57. The molecule has 0 aromatic heterocycles. The fraction of sp³-hybridized carbons (Fsp3) is 0.381. The quantitative estimate of drug-likeness (QED) is 0.579.